The molecule has 1 saturated carbocycles. The molecule has 0 bridgehead atoms. The Labute approximate surface area is 132 Å². The van der Waals surface area contributed by atoms with Crippen molar-refractivity contribution in [3.63, 3.8) is 0 Å². The maximum absolute atomic E-state index is 5.48. The van der Waals surface area contributed by atoms with Gasteiger partial charge in [-0.15, -0.1) is 0 Å². The maximum atomic E-state index is 5.48. The zero-order valence-corrected chi connectivity index (χ0v) is 14.7. The molecule has 2 fully saturated rings. The molecule has 2 aliphatic rings. The van der Waals surface area contributed by atoms with Crippen LogP contribution in [-0.2, 0) is 4.74 Å². The molecule has 1 aliphatic carbocycles. The molecule has 0 spiro atoms. The van der Waals surface area contributed by atoms with Crippen molar-refractivity contribution >= 4 is 0 Å². The average Bonchev–Trinajstić information content (AvgIpc) is 2.48. The Morgan fingerprint density at radius 1 is 0.952 bits per heavy atom. The van der Waals surface area contributed by atoms with Gasteiger partial charge in [0.05, 0.1) is 6.10 Å². The molecule has 0 aromatic heterocycles. The quantitative estimate of drug-likeness (QED) is 0.748. The van der Waals surface area contributed by atoms with Gasteiger partial charge in [-0.1, -0.05) is 6.92 Å². The molecule has 3 nitrogen and oxygen atoms in total. The van der Waals surface area contributed by atoms with Crippen LogP contribution in [0, 0.1) is 11.8 Å². The van der Waals surface area contributed by atoms with Crippen LogP contribution in [0.4, 0.5) is 0 Å². The second kappa shape index (κ2) is 8.50. The van der Waals surface area contributed by atoms with Crippen molar-refractivity contribution in [1.82, 2.24) is 9.80 Å². The molecule has 3 heteroatoms. The van der Waals surface area contributed by atoms with E-state index in [1.807, 2.05) is 7.11 Å². The van der Waals surface area contributed by atoms with Gasteiger partial charge in [0.15, 0.2) is 0 Å². The molecule has 0 aromatic carbocycles. The molecule has 1 saturated heterocycles. The molecule has 21 heavy (non-hydrogen) atoms. The molecule has 1 atom stereocenters. The summed E-state index contributed by atoms with van der Waals surface area (Å²) in [5.41, 5.74) is 0. The summed E-state index contributed by atoms with van der Waals surface area (Å²) in [6.07, 6.45) is 7.28. The highest BCUT2D eigenvalue weighted by Gasteiger charge is 2.24. The summed E-state index contributed by atoms with van der Waals surface area (Å²) in [5, 5.41) is 0. The summed E-state index contributed by atoms with van der Waals surface area (Å²) >= 11 is 0. The first kappa shape index (κ1) is 17.2. The van der Waals surface area contributed by atoms with E-state index in [4.69, 9.17) is 4.74 Å². The van der Waals surface area contributed by atoms with Gasteiger partial charge < -0.3 is 9.64 Å². The smallest absolute Gasteiger partial charge is 0.0571 e. The number of rotatable bonds is 6. The van der Waals surface area contributed by atoms with E-state index < -0.39 is 0 Å². The number of hydrogen-bond acceptors (Lipinski definition) is 3. The van der Waals surface area contributed by atoms with Gasteiger partial charge in [-0.3, -0.25) is 4.90 Å². The van der Waals surface area contributed by atoms with Crippen molar-refractivity contribution in [2.75, 3.05) is 39.8 Å². The third-order valence-corrected chi connectivity index (χ3v) is 5.57. The van der Waals surface area contributed by atoms with Crippen molar-refractivity contribution in [2.45, 2.75) is 65.0 Å². The van der Waals surface area contributed by atoms with Crippen molar-refractivity contribution < 1.29 is 4.74 Å². The van der Waals surface area contributed by atoms with E-state index in [2.05, 4.69) is 30.6 Å². The van der Waals surface area contributed by atoms with Crippen molar-refractivity contribution in [3.8, 4) is 0 Å². The Bertz CT molecular complexity index is 279. The molecule has 1 unspecified atom stereocenters. The van der Waals surface area contributed by atoms with E-state index in [1.165, 1.54) is 64.8 Å². The predicted octanol–water partition coefficient (Wildman–Crippen LogP) is 3.24. The van der Waals surface area contributed by atoms with Gasteiger partial charge in [-0.2, -0.15) is 0 Å². The van der Waals surface area contributed by atoms with Gasteiger partial charge in [-0.25, -0.2) is 0 Å². The Balaban J connectivity index is 1.63. The highest BCUT2D eigenvalue weighted by molar-refractivity contribution is 4.78. The summed E-state index contributed by atoms with van der Waals surface area (Å²) in [6, 6.07) is 0.709. The lowest BCUT2D eigenvalue weighted by Crippen LogP contribution is -2.49. The molecule has 0 amide bonds. The molecule has 2 rings (SSSR count). The van der Waals surface area contributed by atoms with Gasteiger partial charge in [-0.05, 0) is 57.8 Å². The molecule has 0 radical (unpaired) electrons. The third kappa shape index (κ3) is 5.54. The zero-order chi connectivity index (χ0) is 15.2. The zero-order valence-electron chi connectivity index (χ0n) is 14.7. The largest absolute Gasteiger partial charge is 0.381 e. The van der Waals surface area contributed by atoms with Gasteiger partial charge in [0.25, 0.3) is 0 Å². The average molecular weight is 296 g/mol. The topological polar surface area (TPSA) is 15.7 Å². The van der Waals surface area contributed by atoms with Crippen molar-refractivity contribution in [2.24, 2.45) is 11.8 Å². The van der Waals surface area contributed by atoms with Crippen LogP contribution in [0.3, 0.4) is 0 Å². The normalized spacial score (nSPS) is 30.7. The van der Waals surface area contributed by atoms with Crippen LogP contribution in [-0.4, -0.2) is 61.8 Å². The molecule has 124 valence electrons. The van der Waals surface area contributed by atoms with E-state index in [1.54, 1.807) is 0 Å². The van der Waals surface area contributed by atoms with E-state index in [9.17, 15) is 0 Å². The Morgan fingerprint density at radius 3 is 2.10 bits per heavy atom. The fourth-order valence-electron chi connectivity index (χ4n) is 4.15. The summed E-state index contributed by atoms with van der Waals surface area (Å²) in [6.45, 7) is 13.4. The lowest BCUT2D eigenvalue weighted by Gasteiger charge is -2.38. The minimum Gasteiger partial charge on any atom is -0.381 e. The Morgan fingerprint density at radius 2 is 1.57 bits per heavy atom. The molecule has 0 N–H and O–H groups in total. The first-order valence-corrected chi connectivity index (χ1v) is 9.07. The molecule has 1 aliphatic heterocycles. The van der Waals surface area contributed by atoms with Crippen molar-refractivity contribution in [1.29, 1.82) is 0 Å². The first-order chi connectivity index (χ1) is 10.1. The number of ether oxygens (including phenoxy) is 1. The second-order valence-corrected chi connectivity index (χ2v) is 7.65. The van der Waals surface area contributed by atoms with Crippen LogP contribution < -0.4 is 0 Å². The van der Waals surface area contributed by atoms with Gasteiger partial charge in [0, 0.05) is 45.9 Å². The molecule has 0 aromatic rings. The summed E-state index contributed by atoms with van der Waals surface area (Å²) in [5.74, 6) is 1.79. The molecular weight excluding hydrogens is 260 g/mol. The van der Waals surface area contributed by atoms with Gasteiger partial charge in [0.2, 0.25) is 0 Å². The second-order valence-electron chi connectivity index (χ2n) is 7.65. The van der Waals surface area contributed by atoms with Gasteiger partial charge in [0.1, 0.15) is 0 Å². The highest BCUT2D eigenvalue weighted by atomic mass is 16.5. The summed E-state index contributed by atoms with van der Waals surface area (Å²) < 4.78 is 5.48. The fraction of sp³-hybridized carbons (Fsp3) is 1.00. The fourth-order valence-corrected chi connectivity index (χ4v) is 4.15. The lowest BCUT2D eigenvalue weighted by molar-refractivity contribution is 0.0500. The number of nitrogens with zero attached hydrogens (tertiary/aromatic N) is 2. The Hall–Kier alpha value is -0.120. The minimum absolute atomic E-state index is 0.542. The van der Waals surface area contributed by atoms with Crippen LogP contribution in [0.25, 0.3) is 0 Å². The molecule has 1 heterocycles. The summed E-state index contributed by atoms with van der Waals surface area (Å²) in [4.78, 5) is 5.29. The third-order valence-electron chi connectivity index (χ3n) is 5.57. The highest BCUT2D eigenvalue weighted by Crippen LogP contribution is 2.30. The lowest BCUT2D eigenvalue weighted by atomic mass is 9.82. The standard InChI is InChI=1S/C18H36N2O/c1-15(2)20-11-9-19(10-12-20)14-16(3)13-17-5-7-18(21-4)8-6-17/h15-18H,5-14H2,1-4H3. The predicted molar refractivity (Wildman–Crippen MR) is 89.7 cm³/mol. The van der Waals surface area contributed by atoms with Gasteiger partial charge >= 0.3 is 0 Å². The van der Waals surface area contributed by atoms with Crippen LogP contribution in [0.2, 0.25) is 0 Å². The van der Waals surface area contributed by atoms with E-state index in [0.717, 1.165) is 11.8 Å². The minimum atomic E-state index is 0.542. The van der Waals surface area contributed by atoms with E-state index in [-0.39, 0.29) is 0 Å². The molecular formula is C18H36N2O. The summed E-state index contributed by atoms with van der Waals surface area (Å²) in [7, 11) is 1.87. The monoisotopic (exact) mass is 296 g/mol. The number of hydrogen-bond donors (Lipinski definition) is 0. The van der Waals surface area contributed by atoms with Crippen LogP contribution in [0.5, 0.6) is 0 Å². The maximum Gasteiger partial charge on any atom is 0.0571 e. The van der Waals surface area contributed by atoms with Crippen LogP contribution in [0.15, 0.2) is 0 Å². The van der Waals surface area contributed by atoms with Crippen LogP contribution >= 0.6 is 0 Å². The SMILES string of the molecule is COC1CCC(CC(C)CN2CCN(C(C)C)CC2)CC1. The van der Waals surface area contributed by atoms with E-state index in [0.29, 0.717) is 12.1 Å². The van der Waals surface area contributed by atoms with Crippen LogP contribution in [0.1, 0.15) is 52.9 Å². The van der Waals surface area contributed by atoms with E-state index >= 15 is 0 Å². The number of piperazine rings is 1. The first-order valence-electron chi connectivity index (χ1n) is 9.07. The number of methoxy groups -OCH3 is 1. The van der Waals surface area contributed by atoms with Crippen molar-refractivity contribution in [3.05, 3.63) is 0 Å². The Kier molecular flexibility index (Phi) is 6.97.